The second-order valence-corrected chi connectivity index (χ2v) is 5.32. The third kappa shape index (κ3) is 3.21. The van der Waals surface area contributed by atoms with Crippen LogP contribution < -0.4 is 0 Å². The maximum atomic E-state index is 11.7. The number of nitrogens with zero attached hydrogens (tertiary/aromatic N) is 1. The Kier molecular flexibility index (Phi) is 4.78. The van der Waals surface area contributed by atoms with Crippen LogP contribution in [0.25, 0.3) is 0 Å². The van der Waals surface area contributed by atoms with E-state index in [0.717, 1.165) is 12.8 Å². The van der Waals surface area contributed by atoms with E-state index in [2.05, 4.69) is 6.92 Å². The lowest BCUT2D eigenvalue weighted by atomic mass is 9.83. The molecule has 0 aromatic carbocycles. The van der Waals surface area contributed by atoms with Gasteiger partial charge in [0, 0.05) is 6.42 Å². The summed E-state index contributed by atoms with van der Waals surface area (Å²) in [7, 11) is 0. The molecule has 0 saturated carbocycles. The van der Waals surface area contributed by atoms with Crippen LogP contribution in [-0.2, 0) is 4.79 Å². The molecule has 0 aliphatic carbocycles. The lowest BCUT2D eigenvalue weighted by molar-refractivity contribution is -0.163. The van der Waals surface area contributed by atoms with Crippen LogP contribution in [0.15, 0.2) is 0 Å². The molecule has 94 valence electrons. The molecule has 0 aromatic rings. The second kappa shape index (κ2) is 5.67. The molecule has 0 atom stereocenters. The summed E-state index contributed by atoms with van der Waals surface area (Å²) in [5.41, 5.74) is -0.626. The highest BCUT2D eigenvalue weighted by Crippen LogP contribution is 2.29. The van der Waals surface area contributed by atoms with E-state index < -0.39 is 5.60 Å². The van der Waals surface area contributed by atoms with E-state index in [9.17, 15) is 9.90 Å². The monoisotopic (exact) mass is 227 g/mol. The summed E-state index contributed by atoms with van der Waals surface area (Å²) in [4.78, 5) is 13.5. The number of hydrogen-bond acceptors (Lipinski definition) is 2. The van der Waals surface area contributed by atoms with E-state index in [4.69, 9.17) is 0 Å². The van der Waals surface area contributed by atoms with Crippen molar-refractivity contribution >= 4 is 5.91 Å². The molecule has 0 bridgehead atoms. The molecule has 1 N–H and O–H groups in total. The molecule has 1 fully saturated rings. The summed E-state index contributed by atoms with van der Waals surface area (Å²) in [5.74, 6) is 0.443. The van der Waals surface area contributed by atoms with E-state index in [1.54, 1.807) is 4.90 Å². The van der Waals surface area contributed by atoms with Gasteiger partial charge in [0.25, 0.3) is 0 Å². The largest absolute Gasteiger partial charge is 0.386 e. The average Bonchev–Trinajstić information content (AvgIpc) is 2.19. The number of unbranched alkanes of at least 4 members (excludes halogenated alkanes) is 3. The molecule has 1 heterocycles. The Morgan fingerprint density at radius 1 is 1.31 bits per heavy atom. The molecule has 1 aliphatic rings. The van der Waals surface area contributed by atoms with Gasteiger partial charge in [-0.3, -0.25) is 4.79 Å². The molecular formula is C13H25NO2. The van der Waals surface area contributed by atoms with Gasteiger partial charge >= 0.3 is 0 Å². The number of carbonyl (C=O) groups is 1. The quantitative estimate of drug-likeness (QED) is 0.707. The van der Waals surface area contributed by atoms with Gasteiger partial charge in [0.05, 0.1) is 13.1 Å². The van der Waals surface area contributed by atoms with E-state index in [-0.39, 0.29) is 11.8 Å². The fourth-order valence-electron chi connectivity index (χ4n) is 2.02. The zero-order chi connectivity index (χ0) is 12.2. The van der Waals surface area contributed by atoms with Gasteiger partial charge in [-0.15, -0.1) is 0 Å². The van der Waals surface area contributed by atoms with Gasteiger partial charge < -0.3 is 10.0 Å². The van der Waals surface area contributed by atoms with Crippen LogP contribution in [0.5, 0.6) is 0 Å². The summed E-state index contributed by atoms with van der Waals surface area (Å²) in [6.07, 6.45) is 5.19. The molecule has 16 heavy (non-hydrogen) atoms. The number of rotatable bonds is 6. The van der Waals surface area contributed by atoms with Gasteiger partial charge in [-0.25, -0.2) is 0 Å². The molecule has 0 aromatic heterocycles. The van der Waals surface area contributed by atoms with Gasteiger partial charge in [-0.1, -0.05) is 40.0 Å². The third-order valence-electron chi connectivity index (χ3n) is 3.60. The first kappa shape index (κ1) is 13.5. The topological polar surface area (TPSA) is 40.5 Å². The molecule has 0 unspecified atom stereocenters. The lowest BCUT2D eigenvalue weighted by Crippen LogP contribution is -2.65. The Labute approximate surface area is 98.8 Å². The number of β-amino-alcohol motifs (C(OH)–C–C–N with tert-alkyl or cyclic N) is 1. The van der Waals surface area contributed by atoms with Gasteiger partial charge in [-0.05, 0) is 12.3 Å². The number of aliphatic hydroxyl groups is 1. The summed E-state index contributed by atoms with van der Waals surface area (Å²) >= 11 is 0. The summed E-state index contributed by atoms with van der Waals surface area (Å²) in [5, 5.41) is 10.0. The van der Waals surface area contributed by atoms with Crippen LogP contribution in [0.3, 0.4) is 0 Å². The SMILES string of the molecule is CCCCCCC(=O)N1CC(O)(C(C)C)C1. The van der Waals surface area contributed by atoms with Crippen LogP contribution in [-0.4, -0.2) is 34.6 Å². The van der Waals surface area contributed by atoms with Crippen molar-refractivity contribution < 1.29 is 9.90 Å². The smallest absolute Gasteiger partial charge is 0.222 e. The second-order valence-electron chi connectivity index (χ2n) is 5.32. The molecule has 1 aliphatic heterocycles. The Balaban J connectivity index is 2.17. The fraction of sp³-hybridized carbons (Fsp3) is 0.923. The van der Waals surface area contributed by atoms with Crippen LogP contribution in [0, 0.1) is 5.92 Å². The summed E-state index contributed by atoms with van der Waals surface area (Å²) in [6.45, 7) is 7.22. The average molecular weight is 227 g/mol. The zero-order valence-electron chi connectivity index (χ0n) is 10.8. The number of hydrogen-bond donors (Lipinski definition) is 1. The maximum absolute atomic E-state index is 11.7. The van der Waals surface area contributed by atoms with Crippen LogP contribution in [0.1, 0.15) is 52.9 Å². The van der Waals surface area contributed by atoms with Crippen LogP contribution >= 0.6 is 0 Å². The minimum absolute atomic E-state index is 0.210. The highest BCUT2D eigenvalue weighted by Gasteiger charge is 2.45. The summed E-state index contributed by atoms with van der Waals surface area (Å²) in [6, 6.07) is 0. The van der Waals surface area contributed by atoms with Crippen molar-refractivity contribution in [2.24, 2.45) is 5.92 Å². The van der Waals surface area contributed by atoms with Crippen LogP contribution in [0.4, 0.5) is 0 Å². The van der Waals surface area contributed by atoms with Crippen molar-refractivity contribution in [3.05, 3.63) is 0 Å². The van der Waals surface area contributed by atoms with Crippen molar-refractivity contribution in [3.8, 4) is 0 Å². The predicted molar refractivity (Wildman–Crippen MR) is 65.1 cm³/mol. The minimum atomic E-state index is -0.626. The molecule has 3 nitrogen and oxygen atoms in total. The van der Waals surface area contributed by atoms with Crippen molar-refractivity contribution in [3.63, 3.8) is 0 Å². The van der Waals surface area contributed by atoms with Crippen molar-refractivity contribution in [2.75, 3.05) is 13.1 Å². The lowest BCUT2D eigenvalue weighted by Gasteiger charge is -2.49. The highest BCUT2D eigenvalue weighted by atomic mass is 16.3. The standard InChI is InChI=1S/C13H25NO2/c1-4-5-6-7-8-12(15)14-9-13(16,10-14)11(2)3/h11,16H,4-10H2,1-3H3. The van der Waals surface area contributed by atoms with E-state index >= 15 is 0 Å². The number of amides is 1. The number of carbonyl (C=O) groups excluding carboxylic acids is 1. The van der Waals surface area contributed by atoms with Gasteiger partial charge in [0.15, 0.2) is 0 Å². The zero-order valence-corrected chi connectivity index (χ0v) is 10.8. The third-order valence-corrected chi connectivity index (χ3v) is 3.60. The first-order valence-corrected chi connectivity index (χ1v) is 6.49. The van der Waals surface area contributed by atoms with E-state index in [0.29, 0.717) is 19.5 Å². The molecule has 3 heteroatoms. The minimum Gasteiger partial charge on any atom is -0.386 e. The first-order valence-electron chi connectivity index (χ1n) is 6.49. The van der Waals surface area contributed by atoms with Gasteiger partial charge in [0.2, 0.25) is 5.91 Å². The molecule has 1 rings (SSSR count). The maximum Gasteiger partial charge on any atom is 0.222 e. The van der Waals surface area contributed by atoms with Gasteiger partial charge in [0.1, 0.15) is 5.60 Å². The Morgan fingerprint density at radius 2 is 1.94 bits per heavy atom. The summed E-state index contributed by atoms with van der Waals surface area (Å²) < 4.78 is 0. The molecular weight excluding hydrogens is 202 g/mol. The molecule has 1 saturated heterocycles. The molecule has 1 amide bonds. The highest BCUT2D eigenvalue weighted by molar-refractivity contribution is 5.77. The Hall–Kier alpha value is -0.570. The Morgan fingerprint density at radius 3 is 2.44 bits per heavy atom. The van der Waals surface area contributed by atoms with Crippen molar-refractivity contribution in [2.45, 2.75) is 58.5 Å². The van der Waals surface area contributed by atoms with Crippen molar-refractivity contribution in [1.82, 2.24) is 4.90 Å². The van der Waals surface area contributed by atoms with E-state index in [1.165, 1.54) is 12.8 Å². The Bertz CT molecular complexity index is 232. The van der Waals surface area contributed by atoms with Crippen LogP contribution in [0.2, 0.25) is 0 Å². The van der Waals surface area contributed by atoms with Gasteiger partial charge in [-0.2, -0.15) is 0 Å². The normalized spacial score (nSPS) is 18.7. The molecule has 0 radical (unpaired) electrons. The van der Waals surface area contributed by atoms with Crippen molar-refractivity contribution in [1.29, 1.82) is 0 Å². The predicted octanol–water partition coefficient (Wildman–Crippen LogP) is 2.19. The molecule has 0 spiro atoms. The fourth-order valence-corrected chi connectivity index (χ4v) is 2.02. The number of likely N-dealkylation sites (tertiary alicyclic amines) is 1. The first-order chi connectivity index (χ1) is 7.49. The van der Waals surface area contributed by atoms with E-state index in [1.807, 2.05) is 13.8 Å².